The first-order chi connectivity index (χ1) is 6.96. The van der Waals surface area contributed by atoms with Gasteiger partial charge in [-0.15, -0.1) is 0 Å². The minimum absolute atomic E-state index is 0.102. The lowest BCUT2D eigenvalue weighted by Gasteiger charge is -2.38. The first kappa shape index (κ1) is 10.6. The van der Waals surface area contributed by atoms with Crippen molar-refractivity contribution in [2.45, 2.75) is 38.6 Å². The molecule has 0 radical (unpaired) electrons. The van der Waals surface area contributed by atoms with E-state index in [9.17, 15) is 4.39 Å². The van der Waals surface area contributed by atoms with Crippen LogP contribution in [0.15, 0.2) is 24.3 Å². The van der Waals surface area contributed by atoms with E-state index in [4.69, 9.17) is 5.73 Å². The lowest BCUT2D eigenvalue weighted by molar-refractivity contribution is 0.210. The first-order valence-corrected chi connectivity index (χ1v) is 5.51. The van der Waals surface area contributed by atoms with Crippen molar-refractivity contribution in [3.8, 4) is 0 Å². The maximum absolute atomic E-state index is 12.9. The maximum atomic E-state index is 12.9. The molecule has 15 heavy (non-hydrogen) atoms. The molecule has 1 aliphatic carbocycles. The zero-order chi connectivity index (χ0) is 11.1. The summed E-state index contributed by atoms with van der Waals surface area (Å²) in [5, 5.41) is 0. The van der Waals surface area contributed by atoms with Crippen LogP contribution in [0.5, 0.6) is 0 Å². The molecule has 1 aromatic carbocycles. The second-order valence-electron chi connectivity index (χ2n) is 5.22. The topological polar surface area (TPSA) is 26.0 Å². The zero-order valence-electron chi connectivity index (χ0n) is 9.39. The van der Waals surface area contributed by atoms with Gasteiger partial charge in [0, 0.05) is 5.54 Å². The summed E-state index contributed by atoms with van der Waals surface area (Å²) in [5.74, 6) is -0.196. The average molecular weight is 207 g/mol. The standard InChI is InChI=1S/C13H18FN/c1-12(2)8-3-9-13(12,15)10-4-6-11(14)7-5-10/h4-7H,3,8-9,15H2,1-2H3. The van der Waals surface area contributed by atoms with E-state index in [2.05, 4.69) is 13.8 Å². The molecule has 0 saturated heterocycles. The van der Waals surface area contributed by atoms with Crippen molar-refractivity contribution in [2.24, 2.45) is 11.1 Å². The molecular weight excluding hydrogens is 189 g/mol. The van der Waals surface area contributed by atoms with E-state index in [1.165, 1.54) is 12.1 Å². The summed E-state index contributed by atoms with van der Waals surface area (Å²) in [6, 6.07) is 6.64. The highest BCUT2D eigenvalue weighted by Crippen LogP contribution is 2.50. The van der Waals surface area contributed by atoms with Crippen LogP contribution in [0.3, 0.4) is 0 Å². The molecule has 0 aliphatic heterocycles. The van der Waals surface area contributed by atoms with Crippen LogP contribution in [-0.2, 0) is 5.54 Å². The van der Waals surface area contributed by atoms with Gasteiger partial charge in [0.15, 0.2) is 0 Å². The zero-order valence-corrected chi connectivity index (χ0v) is 9.39. The molecule has 1 aromatic rings. The van der Waals surface area contributed by atoms with Crippen molar-refractivity contribution in [1.29, 1.82) is 0 Å². The maximum Gasteiger partial charge on any atom is 0.123 e. The third-order valence-corrected chi connectivity index (χ3v) is 3.94. The predicted octanol–water partition coefficient (Wildman–Crippen LogP) is 3.19. The van der Waals surface area contributed by atoms with Gasteiger partial charge in [-0.1, -0.05) is 32.4 Å². The molecular formula is C13H18FN. The number of rotatable bonds is 1. The van der Waals surface area contributed by atoms with E-state index in [1.807, 2.05) is 12.1 Å². The molecule has 0 bridgehead atoms. The van der Waals surface area contributed by atoms with Gasteiger partial charge in [0.05, 0.1) is 0 Å². The van der Waals surface area contributed by atoms with E-state index in [0.717, 1.165) is 24.8 Å². The van der Waals surface area contributed by atoms with Crippen LogP contribution >= 0.6 is 0 Å². The summed E-state index contributed by atoms with van der Waals surface area (Å²) in [6.45, 7) is 4.40. The van der Waals surface area contributed by atoms with E-state index >= 15 is 0 Å². The highest BCUT2D eigenvalue weighted by Gasteiger charge is 2.46. The fraction of sp³-hybridized carbons (Fsp3) is 0.538. The molecule has 2 heteroatoms. The van der Waals surface area contributed by atoms with Crippen LogP contribution in [0.1, 0.15) is 38.7 Å². The minimum Gasteiger partial charge on any atom is -0.321 e. The van der Waals surface area contributed by atoms with Gasteiger partial charge in [-0.05, 0) is 36.0 Å². The Kier molecular flexibility index (Phi) is 2.34. The van der Waals surface area contributed by atoms with Crippen LogP contribution in [0.25, 0.3) is 0 Å². The summed E-state index contributed by atoms with van der Waals surface area (Å²) in [5.41, 5.74) is 7.36. The third kappa shape index (κ3) is 1.57. The Hall–Kier alpha value is -0.890. The molecule has 2 rings (SSSR count). The Morgan fingerprint density at radius 3 is 2.20 bits per heavy atom. The van der Waals surface area contributed by atoms with Crippen LogP contribution in [0, 0.1) is 11.2 Å². The Bertz CT molecular complexity index is 355. The van der Waals surface area contributed by atoms with Gasteiger partial charge in [0.25, 0.3) is 0 Å². The van der Waals surface area contributed by atoms with Crippen LogP contribution in [0.2, 0.25) is 0 Å². The fourth-order valence-corrected chi connectivity index (χ4v) is 2.65. The third-order valence-electron chi connectivity index (χ3n) is 3.94. The molecule has 0 heterocycles. The molecule has 1 unspecified atom stereocenters. The summed E-state index contributed by atoms with van der Waals surface area (Å²) in [7, 11) is 0. The number of nitrogens with two attached hydrogens (primary N) is 1. The molecule has 1 saturated carbocycles. The first-order valence-electron chi connectivity index (χ1n) is 5.51. The number of hydrogen-bond donors (Lipinski definition) is 1. The smallest absolute Gasteiger partial charge is 0.123 e. The molecule has 2 N–H and O–H groups in total. The van der Waals surface area contributed by atoms with Gasteiger partial charge in [-0.25, -0.2) is 4.39 Å². The van der Waals surface area contributed by atoms with Crippen LogP contribution < -0.4 is 5.73 Å². The Morgan fingerprint density at radius 1 is 1.13 bits per heavy atom. The van der Waals surface area contributed by atoms with Crippen molar-refractivity contribution >= 4 is 0 Å². The molecule has 1 aliphatic rings. The van der Waals surface area contributed by atoms with Gasteiger partial charge in [0.2, 0.25) is 0 Å². The second kappa shape index (κ2) is 3.31. The van der Waals surface area contributed by atoms with Crippen LogP contribution in [-0.4, -0.2) is 0 Å². The van der Waals surface area contributed by atoms with Crippen molar-refractivity contribution in [2.75, 3.05) is 0 Å². The number of benzene rings is 1. The lowest BCUT2D eigenvalue weighted by Crippen LogP contribution is -2.45. The quantitative estimate of drug-likeness (QED) is 0.752. The van der Waals surface area contributed by atoms with E-state index in [-0.39, 0.29) is 16.8 Å². The molecule has 0 spiro atoms. The van der Waals surface area contributed by atoms with E-state index in [0.29, 0.717) is 0 Å². The molecule has 1 fully saturated rings. The van der Waals surface area contributed by atoms with Gasteiger partial charge < -0.3 is 5.73 Å². The fourth-order valence-electron chi connectivity index (χ4n) is 2.65. The van der Waals surface area contributed by atoms with Crippen molar-refractivity contribution in [3.05, 3.63) is 35.6 Å². The van der Waals surface area contributed by atoms with E-state index in [1.54, 1.807) is 0 Å². The minimum atomic E-state index is -0.291. The second-order valence-corrected chi connectivity index (χ2v) is 5.22. The highest BCUT2D eigenvalue weighted by atomic mass is 19.1. The average Bonchev–Trinajstić information content (AvgIpc) is 2.43. The van der Waals surface area contributed by atoms with Gasteiger partial charge in [-0.2, -0.15) is 0 Å². The Balaban J connectivity index is 2.41. The van der Waals surface area contributed by atoms with E-state index < -0.39 is 0 Å². The number of hydrogen-bond acceptors (Lipinski definition) is 1. The van der Waals surface area contributed by atoms with Gasteiger partial charge in [0.1, 0.15) is 5.82 Å². The van der Waals surface area contributed by atoms with Gasteiger partial charge >= 0.3 is 0 Å². The van der Waals surface area contributed by atoms with Crippen LogP contribution in [0.4, 0.5) is 4.39 Å². The van der Waals surface area contributed by atoms with Gasteiger partial charge in [-0.3, -0.25) is 0 Å². The summed E-state index contributed by atoms with van der Waals surface area (Å²) in [6.07, 6.45) is 3.29. The van der Waals surface area contributed by atoms with Crippen molar-refractivity contribution < 1.29 is 4.39 Å². The predicted molar refractivity (Wildman–Crippen MR) is 59.9 cm³/mol. The Labute approximate surface area is 90.5 Å². The Morgan fingerprint density at radius 2 is 1.73 bits per heavy atom. The van der Waals surface area contributed by atoms with Crippen molar-refractivity contribution in [1.82, 2.24) is 0 Å². The molecule has 1 atom stereocenters. The SMILES string of the molecule is CC1(C)CCCC1(N)c1ccc(F)cc1. The van der Waals surface area contributed by atoms with Crippen molar-refractivity contribution in [3.63, 3.8) is 0 Å². The number of halogens is 1. The largest absolute Gasteiger partial charge is 0.321 e. The molecule has 0 aromatic heterocycles. The summed E-state index contributed by atoms with van der Waals surface area (Å²) < 4.78 is 12.9. The summed E-state index contributed by atoms with van der Waals surface area (Å²) in [4.78, 5) is 0. The normalized spacial score (nSPS) is 29.3. The lowest BCUT2D eigenvalue weighted by atomic mass is 9.71. The summed E-state index contributed by atoms with van der Waals surface area (Å²) >= 11 is 0. The molecule has 82 valence electrons. The monoisotopic (exact) mass is 207 g/mol. The molecule has 0 amide bonds. The highest BCUT2D eigenvalue weighted by molar-refractivity contribution is 5.28. The molecule has 1 nitrogen and oxygen atoms in total.